The molecule has 0 amide bonds. The summed E-state index contributed by atoms with van der Waals surface area (Å²) in [6.07, 6.45) is 1.53. The van der Waals surface area contributed by atoms with Crippen LogP contribution in [-0.4, -0.2) is 20.1 Å². The first kappa shape index (κ1) is 13.0. The molecular formula is C11H10Cl2N4O. The molecule has 0 aromatic carbocycles. The van der Waals surface area contributed by atoms with Crippen LogP contribution in [-0.2, 0) is 6.61 Å². The van der Waals surface area contributed by atoms with Gasteiger partial charge in [0.25, 0.3) is 0 Å². The van der Waals surface area contributed by atoms with Crippen molar-refractivity contribution in [1.82, 2.24) is 15.0 Å². The van der Waals surface area contributed by atoms with Gasteiger partial charge < -0.3 is 10.8 Å². The molecule has 0 bridgehead atoms. The van der Waals surface area contributed by atoms with Crippen molar-refractivity contribution in [2.24, 2.45) is 0 Å². The minimum absolute atomic E-state index is 0.192. The van der Waals surface area contributed by atoms with E-state index >= 15 is 0 Å². The number of halogens is 2. The predicted molar refractivity (Wildman–Crippen MR) is 70.4 cm³/mol. The van der Waals surface area contributed by atoms with Gasteiger partial charge in [0.2, 0.25) is 0 Å². The highest BCUT2D eigenvalue weighted by molar-refractivity contribution is 6.42. The summed E-state index contributed by atoms with van der Waals surface area (Å²) in [6, 6.07) is 1.68. The highest BCUT2D eigenvalue weighted by atomic mass is 35.5. The number of aliphatic hydroxyl groups excluding tert-OH is 1. The van der Waals surface area contributed by atoms with E-state index in [1.165, 1.54) is 6.20 Å². The fourth-order valence-electron chi connectivity index (χ4n) is 1.54. The minimum Gasteiger partial charge on any atom is -0.390 e. The van der Waals surface area contributed by atoms with Crippen LogP contribution in [0.15, 0.2) is 12.3 Å². The second kappa shape index (κ2) is 5.06. The summed E-state index contributed by atoms with van der Waals surface area (Å²) in [5.41, 5.74) is 7.69. The van der Waals surface area contributed by atoms with Crippen molar-refractivity contribution in [2.75, 3.05) is 5.73 Å². The molecule has 2 aromatic heterocycles. The number of nitrogens with zero attached hydrogens (tertiary/aromatic N) is 3. The average molecular weight is 285 g/mol. The Kier molecular flexibility index (Phi) is 3.65. The molecule has 7 heteroatoms. The summed E-state index contributed by atoms with van der Waals surface area (Å²) in [4.78, 5) is 12.2. The molecule has 0 aliphatic carbocycles. The zero-order valence-corrected chi connectivity index (χ0v) is 11.0. The SMILES string of the molecule is Cc1nc(N)c(CO)nc1-c1ccnc(Cl)c1Cl. The third-order valence-corrected chi connectivity index (χ3v) is 3.19. The highest BCUT2D eigenvalue weighted by Gasteiger charge is 2.14. The predicted octanol–water partition coefficient (Wildman–Crippen LogP) is 2.23. The molecule has 0 aliphatic heterocycles. The largest absolute Gasteiger partial charge is 0.390 e. The number of hydrogen-bond donors (Lipinski definition) is 2. The van der Waals surface area contributed by atoms with E-state index < -0.39 is 0 Å². The Morgan fingerprint density at radius 1 is 1.33 bits per heavy atom. The van der Waals surface area contributed by atoms with Crippen LogP contribution >= 0.6 is 23.2 Å². The topological polar surface area (TPSA) is 84.9 Å². The van der Waals surface area contributed by atoms with Crippen LogP contribution in [0.3, 0.4) is 0 Å². The third kappa shape index (κ3) is 2.25. The quantitative estimate of drug-likeness (QED) is 0.826. The lowest BCUT2D eigenvalue weighted by atomic mass is 10.1. The normalized spacial score (nSPS) is 10.7. The molecular weight excluding hydrogens is 275 g/mol. The van der Waals surface area contributed by atoms with E-state index in [0.29, 0.717) is 27.7 Å². The van der Waals surface area contributed by atoms with Crippen molar-refractivity contribution in [3.63, 3.8) is 0 Å². The van der Waals surface area contributed by atoms with Gasteiger partial charge >= 0.3 is 0 Å². The maximum Gasteiger partial charge on any atom is 0.148 e. The Hall–Kier alpha value is -1.43. The van der Waals surface area contributed by atoms with Crippen LogP contribution in [0.1, 0.15) is 11.4 Å². The first-order chi connectivity index (χ1) is 8.54. The number of aromatic nitrogens is 3. The molecule has 2 aromatic rings. The van der Waals surface area contributed by atoms with Crippen molar-refractivity contribution in [3.8, 4) is 11.3 Å². The maximum atomic E-state index is 9.15. The molecule has 3 N–H and O–H groups in total. The second-order valence-corrected chi connectivity index (χ2v) is 4.35. The van der Waals surface area contributed by atoms with Gasteiger partial charge in [0.1, 0.15) is 16.7 Å². The Morgan fingerprint density at radius 2 is 2.06 bits per heavy atom. The molecule has 94 valence electrons. The van der Waals surface area contributed by atoms with Gasteiger partial charge in [-0.05, 0) is 13.0 Å². The molecule has 0 atom stereocenters. The summed E-state index contributed by atoms with van der Waals surface area (Å²) in [6.45, 7) is 1.47. The molecule has 0 unspecified atom stereocenters. The van der Waals surface area contributed by atoms with E-state index in [-0.39, 0.29) is 17.6 Å². The minimum atomic E-state index is -0.289. The molecule has 0 radical (unpaired) electrons. The van der Waals surface area contributed by atoms with Crippen LogP contribution in [0.5, 0.6) is 0 Å². The molecule has 0 saturated heterocycles. The maximum absolute atomic E-state index is 9.15. The van der Waals surface area contributed by atoms with Crippen LogP contribution in [0.25, 0.3) is 11.3 Å². The van der Waals surface area contributed by atoms with E-state index in [9.17, 15) is 0 Å². The van der Waals surface area contributed by atoms with Gasteiger partial charge in [0.15, 0.2) is 0 Å². The standard InChI is InChI=1S/C11H10Cl2N4O/c1-5-9(17-7(4-18)11(14)16-5)6-2-3-15-10(13)8(6)12/h2-3,18H,4H2,1H3,(H2,14,16). The van der Waals surface area contributed by atoms with Gasteiger partial charge in [-0.25, -0.2) is 15.0 Å². The van der Waals surface area contributed by atoms with Crippen LogP contribution in [0.4, 0.5) is 5.82 Å². The lowest BCUT2D eigenvalue weighted by Gasteiger charge is -2.10. The first-order valence-electron chi connectivity index (χ1n) is 5.08. The molecule has 2 rings (SSSR count). The number of nitrogen functional groups attached to an aromatic ring is 1. The highest BCUT2D eigenvalue weighted by Crippen LogP contribution is 2.32. The molecule has 0 saturated carbocycles. The number of aryl methyl sites for hydroxylation is 1. The number of pyridine rings is 1. The van der Waals surface area contributed by atoms with E-state index in [1.807, 2.05) is 0 Å². The van der Waals surface area contributed by atoms with Gasteiger partial charge in [-0.3, -0.25) is 0 Å². The first-order valence-corrected chi connectivity index (χ1v) is 5.84. The fraction of sp³-hybridized carbons (Fsp3) is 0.182. The molecule has 2 heterocycles. The van der Waals surface area contributed by atoms with Crippen molar-refractivity contribution in [1.29, 1.82) is 0 Å². The van der Waals surface area contributed by atoms with Gasteiger partial charge in [0, 0.05) is 11.8 Å². The number of nitrogens with two attached hydrogens (primary N) is 1. The average Bonchev–Trinajstić information content (AvgIpc) is 2.34. The van der Waals surface area contributed by atoms with Gasteiger partial charge in [-0.1, -0.05) is 23.2 Å². The van der Waals surface area contributed by atoms with Crippen molar-refractivity contribution >= 4 is 29.0 Å². The Labute approximate surface area is 114 Å². The zero-order valence-electron chi connectivity index (χ0n) is 9.48. The number of hydrogen-bond acceptors (Lipinski definition) is 5. The van der Waals surface area contributed by atoms with Crippen LogP contribution in [0.2, 0.25) is 10.2 Å². The molecule has 0 spiro atoms. The summed E-state index contributed by atoms with van der Waals surface area (Å²) in [5, 5.41) is 9.64. The van der Waals surface area contributed by atoms with E-state index in [2.05, 4.69) is 15.0 Å². The van der Waals surface area contributed by atoms with Crippen LogP contribution in [0, 0.1) is 6.92 Å². The molecule has 18 heavy (non-hydrogen) atoms. The zero-order chi connectivity index (χ0) is 13.3. The smallest absolute Gasteiger partial charge is 0.148 e. The van der Waals surface area contributed by atoms with Crippen molar-refractivity contribution in [2.45, 2.75) is 13.5 Å². The molecule has 0 fully saturated rings. The van der Waals surface area contributed by atoms with Crippen molar-refractivity contribution in [3.05, 3.63) is 33.8 Å². The monoisotopic (exact) mass is 284 g/mol. The van der Waals surface area contributed by atoms with Crippen molar-refractivity contribution < 1.29 is 5.11 Å². The molecule has 0 aliphatic rings. The second-order valence-electron chi connectivity index (χ2n) is 3.61. The summed E-state index contributed by atoms with van der Waals surface area (Å²) in [5.74, 6) is 0.204. The fourth-order valence-corrected chi connectivity index (χ4v) is 1.90. The summed E-state index contributed by atoms with van der Waals surface area (Å²) < 4.78 is 0. The Bertz CT molecular complexity index is 604. The Balaban J connectivity index is 2.67. The molecule has 5 nitrogen and oxygen atoms in total. The van der Waals surface area contributed by atoms with Gasteiger partial charge in [-0.2, -0.15) is 0 Å². The number of anilines is 1. The lowest BCUT2D eigenvalue weighted by molar-refractivity contribution is 0.277. The lowest BCUT2D eigenvalue weighted by Crippen LogP contribution is -2.05. The van der Waals surface area contributed by atoms with E-state index in [1.54, 1.807) is 13.0 Å². The summed E-state index contributed by atoms with van der Waals surface area (Å²) in [7, 11) is 0. The number of aliphatic hydroxyl groups is 1. The van der Waals surface area contributed by atoms with E-state index in [0.717, 1.165) is 0 Å². The Morgan fingerprint density at radius 3 is 2.72 bits per heavy atom. The third-order valence-electron chi connectivity index (χ3n) is 2.42. The van der Waals surface area contributed by atoms with Gasteiger partial charge in [-0.15, -0.1) is 0 Å². The van der Waals surface area contributed by atoms with Gasteiger partial charge in [0.05, 0.1) is 23.0 Å². The van der Waals surface area contributed by atoms with Crippen LogP contribution < -0.4 is 5.73 Å². The summed E-state index contributed by atoms with van der Waals surface area (Å²) >= 11 is 11.9. The number of rotatable bonds is 2. The van der Waals surface area contributed by atoms with E-state index in [4.69, 9.17) is 34.0 Å².